The molecular weight excluding hydrogens is 336 g/mol. The van der Waals surface area contributed by atoms with E-state index in [1.165, 1.54) is 31.4 Å². The van der Waals surface area contributed by atoms with Gasteiger partial charge in [0.05, 0.1) is 52.9 Å². The predicted molar refractivity (Wildman–Crippen MR) is 97.3 cm³/mol. The van der Waals surface area contributed by atoms with Gasteiger partial charge in [-0.05, 0) is 19.3 Å². The second kappa shape index (κ2) is 17.3. The lowest BCUT2D eigenvalue weighted by Gasteiger charge is -2.08. The molecule has 0 aromatic heterocycles. The average Bonchev–Trinajstić information content (AvgIpc) is 3.08. The van der Waals surface area contributed by atoms with Crippen LogP contribution in [0.4, 0.5) is 0 Å². The number of hydrogen-bond donors (Lipinski definition) is 1. The van der Waals surface area contributed by atoms with Crippen molar-refractivity contribution in [3.8, 4) is 0 Å². The summed E-state index contributed by atoms with van der Waals surface area (Å²) in [6.07, 6.45) is 6.52. The Bertz CT molecular complexity index is 241. The first kappa shape index (κ1) is 21.5. The smallest absolute Gasteiger partial charge is 0.0701 e. The van der Waals surface area contributed by atoms with E-state index < -0.39 is 0 Å². The molecule has 1 aliphatic heterocycles. The van der Waals surface area contributed by atoms with Gasteiger partial charge in [0.2, 0.25) is 0 Å². The largest absolute Gasteiger partial charge is 0.394 e. The van der Waals surface area contributed by atoms with E-state index in [0.29, 0.717) is 46.2 Å². The first-order valence-electron chi connectivity index (χ1n) is 8.63. The van der Waals surface area contributed by atoms with E-state index in [9.17, 15) is 0 Å². The molecule has 1 heterocycles. The number of aliphatic hydroxyl groups is 1. The number of aliphatic hydroxyl groups excluding tert-OH is 1. The molecule has 138 valence electrons. The fourth-order valence-electron chi connectivity index (χ4n) is 2.14. The van der Waals surface area contributed by atoms with Crippen LogP contribution >= 0.6 is 21.6 Å². The molecule has 1 rings (SSSR count). The average molecular weight is 369 g/mol. The molecule has 0 aromatic rings. The van der Waals surface area contributed by atoms with Gasteiger partial charge in [-0.3, -0.25) is 0 Å². The van der Waals surface area contributed by atoms with E-state index in [2.05, 4.69) is 10.8 Å². The Labute approximate surface area is 148 Å². The van der Waals surface area contributed by atoms with E-state index in [1.807, 2.05) is 10.8 Å². The van der Waals surface area contributed by atoms with Crippen molar-refractivity contribution in [2.75, 3.05) is 65.2 Å². The molecule has 0 aliphatic carbocycles. The Morgan fingerprint density at radius 3 is 1.91 bits per heavy atom. The molecular formula is C16H32O5S2. The predicted octanol–water partition coefficient (Wildman–Crippen LogP) is 2.76. The Balaban J connectivity index is 1.64. The molecule has 1 saturated heterocycles. The molecule has 0 radical (unpaired) electrons. The van der Waals surface area contributed by atoms with Crippen LogP contribution in [0.25, 0.3) is 0 Å². The molecule has 1 aliphatic rings. The summed E-state index contributed by atoms with van der Waals surface area (Å²) < 4.78 is 21.4. The first-order chi connectivity index (χ1) is 11.4. The van der Waals surface area contributed by atoms with Gasteiger partial charge in [-0.15, -0.1) is 0 Å². The Kier molecular flexibility index (Phi) is 16.2. The van der Waals surface area contributed by atoms with Gasteiger partial charge in [0, 0.05) is 17.6 Å². The van der Waals surface area contributed by atoms with Crippen molar-refractivity contribution in [1.29, 1.82) is 0 Å². The minimum atomic E-state index is 0.0574. The minimum absolute atomic E-state index is 0.0574. The minimum Gasteiger partial charge on any atom is -0.394 e. The molecule has 0 spiro atoms. The highest BCUT2D eigenvalue weighted by Crippen LogP contribution is 2.39. The van der Waals surface area contributed by atoms with E-state index in [0.717, 1.165) is 18.3 Å². The summed E-state index contributed by atoms with van der Waals surface area (Å²) in [6.45, 7) is 4.77. The molecule has 0 bridgehead atoms. The standard InChI is InChI=1S/C16H32O5S2/c17-6-8-19-10-12-21-14-13-20-11-9-18-7-3-1-2-4-16-5-15-22-23-16/h16-17H,1-15H2. The number of hydrogen-bond acceptors (Lipinski definition) is 7. The van der Waals surface area contributed by atoms with E-state index in [1.54, 1.807) is 0 Å². The maximum atomic E-state index is 8.52. The van der Waals surface area contributed by atoms with Gasteiger partial charge in [-0.25, -0.2) is 0 Å². The van der Waals surface area contributed by atoms with Gasteiger partial charge < -0.3 is 24.1 Å². The Morgan fingerprint density at radius 2 is 1.35 bits per heavy atom. The van der Waals surface area contributed by atoms with Crippen LogP contribution in [0.15, 0.2) is 0 Å². The quantitative estimate of drug-likeness (QED) is 0.313. The van der Waals surface area contributed by atoms with Gasteiger partial charge in [-0.2, -0.15) is 0 Å². The lowest BCUT2D eigenvalue weighted by Crippen LogP contribution is -2.12. The molecule has 1 unspecified atom stereocenters. The SMILES string of the molecule is OCCOCCOCCOCCOCCCCCC1CCSS1. The fraction of sp³-hybridized carbons (Fsp3) is 1.00. The topological polar surface area (TPSA) is 57.2 Å². The van der Waals surface area contributed by atoms with E-state index >= 15 is 0 Å². The third kappa shape index (κ3) is 14.5. The number of unbranched alkanes of at least 4 members (excludes halogenated alkanes) is 2. The summed E-state index contributed by atoms with van der Waals surface area (Å²) in [5, 5.41) is 9.42. The molecule has 1 fully saturated rings. The van der Waals surface area contributed by atoms with Crippen LogP contribution in [0.2, 0.25) is 0 Å². The normalized spacial score (nSPS) is 17.9. The summed E-state index contributed by atoms with van der Waals surface area (Å²) >= 11 is 0. The second-order valence-electron chi connectivity index (χ2n) is 5.35. The van der Waals surface area contributed by atoms with Crippen molar-refractivity contribution in [2.45, 2.75) is 37.4 Å². The summed E-state index contributed by atoms with van der Waals surface area (Å²) in [6, 6.07) is 0. The molecule has 5 nitrogen and oxygen atoms in total. The van der Waals surface area contributed by atoms with Crippen LogP contribution in [0, 0.1) is 0 Å². The molecule has 0 amide bonds. The summed E-state index contributed by atoms with van der Waals surface area (Å²) in [4.78, 5) is 0. The zero-order valence-corrected chi connectivity index (χ0v) is 15.7. The van der Waals surface area contributed by atoms with Crippen LogP contribution in [-0.4, -0.2) is 75.6 Å². The highest BCUT2D eigenvalue weighted by Gasteiger charge is 2.15. The third-order valence-electron chi connectivity index (χ3n) is 3.39. The molecule has 23 heavy (non-hydrogen) atoms. The Hall–Kier alpha value is 0.500. The van der Waals surface area contributed by atoms with Crippen LogP contribution in [0.1, 0.15) is 32.1 Å². The first-order valence-corrected chi connectivity index (χ1v) is 11.0. The van der Waals surface area contributed by atoms with Crippen LogP contribution in [0.3, 0.4) is 0 Å². The van der Waals surface area contributed by atoms with Crippen molar-refractivity contribution < 1.29 is 24.1 Å². The molecule has 1 atom stereocenters. The zero-order valence-electron chi connectivity index (χ0n) is 14.1. The number of ether oxygens (including phenoxy) is 4. The van der Waals surface area contributed by atoms with Crippen molar-refractivity contribution >= 4 is 21.6 Å². The maximum absolute atomic E-state index is 8.52. The van der Waals surface area contributed by atoms with Crippen molar-refractivity contribution in [3.63, 3.8) is 0 Å². The fourth-order valence-corrected chi connectivity index (χ4v) is 5.17. The number of rotatable bonds is 17. The molecule has 7 heteroatoms. The van der Waals surface area contributed by atoms with E-state index in [4.69, 9.17) is 24.1 Å². The third-order valence-corrected chi connectivity index (χ3v) is 6.40. The van der Waals surface area contributed by atoms with Gasteiger partial charge in [0.1, 0.15) is 0 Å². The van der Waals surface area contributed by atoms with Crippen molar-refractivity contribution in [3.05, 3.63) is 0 Å². The Morgan fingerprint density at radius 1 is 0.739 bits per heavy atom. The van der Waals surface area contributed by atoms with Gasteiger partial charge in [0.15, 0.2) is 0 Å². The van der Waals surface area contributed by atoms with Gasteiger partial charge in [0.25, 0.3) is 0 Å². The van der Waals surface area contributed by atoms with Crippen molar-refractivity contribution in [2.24, 2.45) is 0 Å². The van der Waals surface area contributed by atoms with Crippen LogP contribution < -0.4 is 0 Å². The van der Waals surface area contributed by atoms with E-state index in [-0.39, 0.29) is 6.61 Å². The summed E-state index contributed by atoms with van der Waals surface area (Å²) in [7, 11) is 4.10. The maximum Gasteiger partial charge on any atom is 0.0701 e. The lowest BCUT2D eigenvalue weighted by atomic mass is 10.1. The summed E-state index contributed by atoms with van der Waals surface area (Å²) in [5.74, 6) is 1.33. The molecule has 0 aromatic carbocycles. The molecule has 0 saturated carbocycles. The van der Waals surface area contributed by atoms with Crippen LogP contribution in [-0.2, 0) is 18.9 Å². The second-order valence-corrected chi connectivity index (χ2v) is 8.14. The van der Waals surface area contributed by atoms with Gasteiger partial charge in [-0.1, -0.05) is 34.4 Å². The van der Waals surface area contributed by atoms with Crippen LogP contribution in [0.5, 0.6) is 0 Å². The highest BCUT2D eigenvalue weighted by molar-refractivity contribution is 8.77. The molecule has 1 N–H and O–H groups in total. The zero-order chi connectivity index (χ0) is 16.4. The van der Waals surface area contributed by atoms with Crippen molar-refractivity contribution in [1.82, 2.24) is 0 Å². The highest BCUT2D eigenvalue weighted by atomic mass is 33.1. The monoisotopic (exact) mass is 368 g/mol. The summed E-state index contributed by atoms with van der Waals surface area (Å²) in [5.41, 5.74) is 0. The lowest BCUT2D eigenvalue weighted by molar-refractivity contribution is -0.00577. The van der Waals surface area contributed by atoms with Gasteiger partial charge >= 0.3 is 0 Å².